The van der Waals surface area contributed by atoms with E-state index in [1.54, 1.807) is 6.20 Å². The maximum absolute atomic E-state index is 12.1. The molecule has 1 aromatic rings. The lowest BCUT2D eigenvalue weighted by Crippen LogP contribution is -2.49. The number of aromatic nitrogens is 1. The fourth-order valence-electron chi connectivity index (χ4n) is 2.93. The van der Waals surface area contributed by atoms with Gasteiger partial charge in [0.1, 0.15) is 11.9 Å². The second kappa shape index (κ2) is 9.36. The van der Waals surface area contributed by atoms with Gasteiger partial charge in [-0.2, -0.15) is 0 Å². The van der Waals surface area contributed by atoms with E-state index in [0.29, 0.717) is 19.4 Å². The number of pyridine rings is 1. The molecule has 7 nitrogen and oxygen atoms in total. The number of nitrogens with zero attached hydrogens (tertiary/aromatic N) is 3. The Bertz CT molecular complexity index is 559. The van der Waals surface area contributed by atoms with Gasteiger partial charge < -0.3 is 15.3 Å². The Hall–Kier alpha value is -2.15. The first-order chi connectivity index (χ1) is 12.0. The summed E-state index contributed by atoms with van der Waals surface area (Å²) in [5.74, 6) is -0.257. The second-order valence-corrected chi connectivity index (χ2v) is 6.54. The first kappa shape index (κ1) is 19.2. The molecule has 1 amide bonds. The average molecular weight is 348 g/mol. The molecule has 0 saturated carbocycles. The molecule has 1 aromatic heterocycles. The van der Waals surface area contributed by atoms with E-state index in [4.69, 9.17) is 0 Å². The maximum Gasteiger partial charge on any atom is 0.326 e. The van der Waals surface area contributed by atoms with Crippen LogP contribution in [-0.4, -0.2) is 65.6 Å². The van der Waals surface area contributed by atoms with Crippen molar-refractivity contribution in [2.24, 2.45) is 5.92 Å². The minimum Gasteiger partial charge on any atom is -0.480 e. The van der Waals surface area contributed by atoms with Crippen LogP contribution in [0.15, 0.2) is 24.4 Å². The number of amides is 1. The van der Waals surface area contributed by atoms with Gasteiger partial charge in [0, 0.05) is 45.3 Å². The van der Waals surface area contributed by atoms with Crippen LogP contribution in [-0.2, 0) is 9.59 Å². The number of piperazine rings is 1. The molecule has 1 aliphatic heterocycles. The van der Waals surface area contributed by atoms with Gasteiger partial charge in [-0.05, 0) is 18.1 Å². The molecule has 0 aliphatic carbocycles. The lowest BCUT2D eigenvalue weighted by atomic mass is 9.99. The predicted octanol–water partition coefficient (Wildman–Crippen LogP) is 1.21. The van der Waals surface area contributed by atoms with Crippen LogP contribution < -0.4 is 10.2 Å². The van der Waals surface area contributed by atoms with Crippen LogP contribution in [0.25, 0.3) is 0 Å². The third-order valence-corrected chi connectivity index (χ3v) is 4.80. The zero-order valence-electron chi connectivity index (χ0n) is 15.0. The Kier molecular flexibility index (Phi) is 7.18. The van der Waals surface area contributed by atoms with Gasteiger partial charge in [-0.15, -0.1) is 0 Å². The molecule has 0 radical (unpaired) electrons. The number of carboxylic acid groups (broad SMARTS) is 1. The number of carboxylic acids is 1. The summed E-state index contributed by atoms with van der Waals surface area (Å²) in [4.78, 5) is 32.2. The van der Waals surface area contributed by atoms with Crippen LogP contribution in [0.4, 0.5) is 5.82 Å². The summed E-state index contributed by atoms with van der Waals surface area (Å²) in [5, 5.41) is 11.9. The van der Waals surface area contributed by atoms with Crippen molar-refractivity contribution in [1.82, 2.24) is 15.2 Å². The van der Waals surface area contributed by atoms with Crippen LogP contribution in [0.1, 0.15) is 26.7 Å². The molecule has 0 unspecified atom stereocenters. The van der Waals surface area contributed by atoms with Gasteiger partial charge in [0.15, 0.2) is 0 Å². The number of anilines is 1. The first-order valence-corrected chi connectivity index (χ1v) is 8.91. The van der Waals surface area contributed by atoms with Gasteiger partial charge in [-0.25, -0.2) is 9.78 Å². The summed E-state index contributed by atoms with van der Waals surface area (Å²) < 4.78 is 0. The van der Waals surface area contributed by atoms with Gasteiger partial charge in [0.05, 0.1) is 0 Å². The number of carbonyl (C=O) groups excluding carboxylic acids is 1. The Morgan fingerprint density at radius 3 is 2.56 bits per heavy atom. The maximum atomic E-state index is 12.1. The monoisotopic (exact) mass is 348 g/mol. The highest BCUT2D eigenvalue weighted by atomic mass is 16.4. The predicted molar refractivity (Wildman–Crippen MR) is 96.5 cm³/mol. The second-order valence-electron chi connectivity index (χ2n) is 6.54. The molecule has 138 valence electrons. The molecular formula is C18H28N4O3. The smallest absolute Gasteiger partial charge is 0.326 e. The number of aliphatic carboxylic acids is 1. The molecule has 2 heterocycles. The highest BCUT2D eigenvalue weighted by molar-refractivity contribution is 5.83. The molecule has 7 heteroatoms. The van der Waals surface area contributed by atoms with Crippen molar-refractivity contribution in [3.05, 3.63) is 24.4 Å². The topological polar surface area (TPSA) is 85.8 Å². The minimum atomic E-state index is -0.966. The van der Waals surface area contributed by atoms with Gasteiger partial charge >= 0.3 is 5.97 Å². The molecular weight excluding hydrogens is 320 g/mol. The van der Waals surface area contributed by atoms with Crippen molar-refractivity contribution >= 4 is 17.7 Å². The van der Waals surface area contributed by atoms with E-state index >= 15 is 0 Å². The summed E-state index contributed by atoms with van der Waals surface area (Å²) in [7, 11) is 0. The summed E-state index contributed by atoms with van der Waals surface area (Å²) in [6.45, 7) is 7.92. The van der Waals surface area contributed by atoms with Crippen molar-refractivity contribution in [2.45, 2.75) is 32.7 Å². The molecule has 2 N–H and O–H groups in total. The van der Waals surface area contributed by atoms with Crippen molar-refractivity contribution in [2.75, 3.05) is 37.6 Å². The summed E-state index contributed by atoms with van der Waals surface area (Å²) in [5.41, 5.74) is 0. The fraction of sp³-hybridized carbons (Fsp3) is 0.611. The molecule has 2 atom stereocenters. The van der Waals surface area contributed by atoms with E-state index in [0.717, 1.165) is 32.0 Å². The van der Waals surface area contributed by atoms with E-state index < -0.39 is 12.0 Å². The number of nitrogens with one attached hydrogen (secondary N) is 1. The molecule has 1 fully saturated rings. The average Bonchev–Trinajstić information content (AvgIpc) is 2.64. The third-order valence-electron chi connectivity index (χ3n) is 4.80. The van der Waals surface area contributed by atoms with Crippen LogP contribution in [0.2, 0.25) is 0 Å². The normalized spacial score (nSPS) is 17.8. The van der Waals surface area contributed by atoms with E-state index in [-0.39, 0.29) is 11.8 Å². The van der Waals surface area contributed by atoms with Gasteiger partial charge in [-0.3, -0.25) is 9.69 Å². The van der Waals surface area contributed by atoms with Crippen molar-refractivity contribution < 1.29 is 14.7 Å². The summed E-state index contributed by atoms with van der Waals surface area (Å²) >= 11 is 0. The van der Waals surface area contributed by atoms with E-state index in [9.17, 15) is 14.7 Å². The standard InChI is InChI=1S/C18H28N4O3/c1-3-14(2)17(18(24)25)20-16(23)7-9-21-10-12-22(13-11-21)15-6-4-5-8-19-15/h4-6,8,14,17H,3,7,9-13H2,1-2H3,(H,20,23)(H,24,25)/t14-,17-/m0/s1. The molecule has 0 spiro atoms. The highest BCUT2D eigenvalue weighted by Gasteiger charge is 2.25. The van der Waals surface area contributed by atoms with Crippen LogP contribution in [0.3, 0.4) is 0 Å². The van der Waals surface area contributed by atoms with Crippen LogP contribution >= 0.6 is 0 Å². The van der Waals surface area contributed by atoms with Gasteiger partial charge in [0.2, 0.25) is 5.91 Å². The van der Waals surface area contributed by atoms with Gasteiger partial charge in [0.25, 0.3) is 0 Å². The van der Waals surface area contributed by atoms with E-state index in [2.05, 4.69) is 20.1 Å². The van der Waals surface area contributed by atoms with Crippen LogP contribution in [0.5, 0.6) is 0 Å². The number of carbonyl (C=O) groups is 2. The zero-order chi connectivity index (χ0) is 18.2. The number of rotatable bonds is 8. The summed E-state index contributed by atoms with van der Waals surface area (Å²) in [6.07, 6.45) is 2.83. The Morgan fingerprint density at radius 2 is 2.00 bits per heavy atom. The molecule has 25 heavy (non-hydrogen) atoms. The van der Waals surface area contributed by atoms with Crippen molar-refractivity contribution in [3.63, 3.8) is 0 Å². The Balaban J connectivity index is 1.73. The van der Waals surface area contributed by atoms with Crippen molar-refractivity contribution in [3.8, 4) is 0 Å². The third kappa shape index (κ3) is 5.70. The van der Waals surface area contributed by atoms with Gasteiger partial charge in [-0.1, -0.05) is 26.3 Å². The number of hydrogen-bond donors (Lipinski definition) is 2. The molecule has 1 aliphatic rings. The Labute approximate surface area is 149 Å². The molecule has 2 rings (SSSR count). The fourth-order valence-corrected chi connectivity index (χ4v) is 2.93. The lowest BCUT2D eigenvalue weighted by Gasteiger charge is -2.35. The summed E-state index contributed by atoms with van der Waals surface area (Å²) in [6, 6.07) is 5.08. The molecule has 0 aromatic carbocycles. The van der Waals surface area contributed by atoms with Crippen LogP contribution in [0, 0.1) is 5.92 Å². The molecule has 0 bridgehead atoms. The zero-order valence-corrected chi connectivity index (χ0v) is 15.0. The largest absolute Gasteiger partial charge is 0.480 e. The Morgan fingerprint density at radius 1 is 1.28 bits per heavy atom. The highest BCUT2D eigenvalue weighted by Crippen LogP contribution is 2.13. The van der Waals surface area contributed by atoms with E-state index in [1.165, 1.54) is 0 Å². The SMILES string of the molecule is CC[C@H](C)[C@H](NC(=O)CCN1CCN(c2ccccn2)CC1)C(=O)O. The van der Waals surface area contributed by atoms with E-state index in [1.807, 2.05) is 32.0 Å². The minimum absolute atomic E-state index is 0.0802. The number of hydrogen-bond acceptors (Lipinski definition) is 5. The molecule has 1 saturated heterocycles. The van der Waals surface area contributed by atoms with Crippen molar-refractivity contribution in [1.29, 1.82) is 0 Å². The first-order valence-electron chi connectivity index (χ1n) is 8.91. The quantitative estimate of drug-likeness (QED) is 0.734. The lowest BCUT2D eigenvalue weighted by molar-refractivity contribution is -0.143.